The quantitative estimate of drug-likeness (QED) is 0.781. The van der Waals surface area contributed by atoms with Crippen molar-refractivity contribution in [2.75, 3.05) is 25.0 Å². The van der Waals surface area contributed by atoms with Gasteiger partial charge in [-0.15, -0.1) is 0 Å². The van der Waals surface area contributed by atoms with Gasteiger partial charge in [-0.1, -0.05) is 31.2 Å². The van der Waals surface area contributed by atoms with Gasteiger partial charge in [-0.3, -0.25) is 0 Å². The number of hydrogen-bond donors (Lipinski definition) is 2. The van der Waals surface area contributed by atoms with Crippen LogP contribution >= 0.6 is 0 Å². The number of carboxylic acid groups (broad SMARTS) is 1. The second kappa shape index (κ2) is 8.86. The van der Waals surface area contributed by atoms with Crippen LogP contribution in [-0.4, -0.2) is 35.6 Å². The molecule has 1 saturated heterocycles. The van der Waals surface area contributed by atoms with Crippen LogP contribution in [0.3, 0.4) is 0 Å². The summed E-state index contributed by atoms with van der Waals surface area (Å²) in [5.41, 5.74) is 3.86. The number of anilines is 1. The summed E-state index contributed by atoms with van der Waals surface area (Å²) in [5, 5.41) is 12.4. The van der Waals surface area contributed by atoms with Crippen molar-refractivity contribution in [1.82, 2.24) is 4.90 Å². The first-order valence-corrected chi connectivity index (χ1v) is 9.47. The molecule has 4 heteroatoms. The van der Waals surface area contributed by atoms with Gasteiger partial charge in [-0.05, 0) is 73.7 Å². The Kier molecular flexibility index (Phi) is 6.29. The first-order chi connectivity index (χ1) is 12.6. The van der Waals surface area contributed by atoms with Crippen molar-refractivity contribution in [3.05, 3.63) is 65.2 Å². The smallest absolute Gasteiger partial charge is 0.335 e. The van der Waals surface area contributed by atoms with Crippen molar-refractivity contribution in [3.8, 4) is 0 Å². The molecule has 2 aromatic carbocycles. The summed E-state index contributed by atoms with van der Waals surface area (Å²) in [7, 11) is 0. The standard InChI is InChI=1S/C22H28N2O2/c1-17-9-12-24(13-10-17)14-11-18-3-2-4-21(15-18)23-16-19-5-7-20(8-6-19)22(25)26/h2-8,15,17,23H,9-14,16H2,1H3,(H,25,26). The molecule has 0 spiro atoms. The van der Waals surface area contributed by atoms with Crippen LogP contribution in [0.25, 0.3) is 0 Å². The number of benzene rings is 2. The molecule has 26 heavy (non-hydrogen) atoms. The Labute approximate surface area is 155 Å². The Morgan fingerprint density at radius 3 is 2.54 bits per heavy atom. The van der Waals surface area contributed by atoms with Crippen LogP contribution in [0.5, 0.6) is 0 Å². The second-order valence-corrected chi connectivity index (χ2v) is 7.33. The molecule has 3 rings (SSSR count). The fraction of sp³-hybridized carbons (Fsp3) is 0.409. The third kappa shape index (κ3) is 5.33. The molecule has 2 N–H and O–H groups in total. The lowest BCUT2D eigenvalue weighted by Crippen LogP contribution is -2.34. The SMILES string of the molecule is CC1CCN(CCc2cccc(NCc3ccc(C(=O)O)cc3)c2)CC1. The molecule has 0 unspecified atom stereocenters. The fourth-order valence-electron chi connectivity index (χ4n) is 3.38. The fourth-order valence-corrected chi connectivity index (χ4v) is 3.38. The minimum Gasteiger partial charge on any atom is -0.478 e. The average Bonchev–Trinajstić information content (AvgIpc) is 2.66. The largest absolute Gasteiger partial charge is 0.478 e. The molecule has 4 nitrogen and oxygen atoms in total. The van der Waals surface area contributed by atoms with Gasteiger partial charge in [-0.25, -0.2) is 4.79 Å². The molecule has 0 radical (unpaired) electrons. The first-order valence-electron chi connectivity index (χ1n) is 9.47. The molecule has 0 amide bonds. The number of nitrogens with zero attached hydrogens (tertiary/aromatic N) is 1. The zero-order valence-corrected chi connectivity index (χ0v) is 15.4. The molecule has 0 aliphatic carbocycles. The minimum absolute atomic E-state index is 0.322. The third-order valence-corrected chi connectivity index (χ3v) is 5.22. The molecule has 138 valence electrons. The van der Waals surface area contributed by atoms with Crippen LogP contribution < -0.4 is 5.32 Å². The Hall–Kier alpha value is -2.33. The van der Waals surface area contributed by atoms with Crippen LogP contribution in [-0.2, 0) is 13.0 Å². The van der Waals surface area contributed by atoms with Gasteiger partial charge >= 0.3 is 5.97 Å². The number of likely N-dealkylation sites (tertiary alicyclic amines) is 1. The summed E-state index contributed by atoms with van der Waals surface area (Å²) in [6.45, 7) is 6.62. The van der Waals surface area contributed by atoms with Gasteiger partial charge in [0, 0.05) is 18.8 Å². The van der Waals surface area contributed by atoms with E-state index in [9.17, 15) is 4.79 Å². The van der Waals surface area contributed by atoms with E-state index in [0.717, 1.165) is 30.1 Å². The van der Waals surface area contributed by atoms with Crippen molar-refractivity contribution in [2.45, 2.75) is 32.7 Å². The van der Waals surface area contributed by atoms with Crippen LogP contribution in [0.15, 0.2) is 48.5 Å². The van der Waals surface area contributed by atoms with Crippen molar-refractivity contribution in [1.29, 1.82) is 0 Å². The van der Waals surface area contributed by atoms with Gasteiger partial charge in [0.2, 0.25) is 0 Å². The summed E-state index contributed by atoms with van der Waals surface area (Å²) in [6.07, 6.45) is 3.72. The van der Waals surface area contributed by atoms with E-state index in [1.54, 1.807) is 12.1 Å². The van der Waals surface area contributed by atoms with E-state index < -0.39 is 5.97 Å². The van der Waals surface area contributed by atoms with Crippen molar-refractivity contribution >= 4 is 11.7 Å². The lowest BCUT2D eigenvalue weighted by molar-refractivity contribution is 0.0697. The molecule has 0 saturated carbocycles. The predicted octanol–water partition coefficient (Wildman–Crippen LogP) is 4.27. The highest BCUT2D eigenvalue weighted by Crippen LogP contribution is 2.17. The van der Waals surface area contributed by atoms with Crippen molar-refractivity contribution < 1.29 is 9.90 Å². The van der Waals surface area contributed by atoms with E-state index in [-0.39, 0.29) is 0 Å². The summed E-state index contributed by atoms with van der Waals surface area (Å²) in [5.74, 6) is -0.0104. The Morgan fingerprint density at radius 1 is 1.12 bits per heavy atom. The van der Waals surface area contributed by atoms with Crippen LogP contribution in [0.2, 0.25) is 0 Å². The van der Waals surface area contributed by atoms with Crippen LogP contribution in [0, 0.1) is 5.92 Å². The molecule has 0 bridgehead atoms. The average molecular weight is 352 g/mol. The van der Waals surface area contributed by atoms with E-state index in [0.29, 0.717) is 12.1 Å². The molecule has 0 atom stereocenters. The van der Waals surface area contributed by atoms with Gasteiger partial charge in [0.25, 0.3) is 0 Å². The molecular formula is C22H28N2O2. The van der Waals surface area contributed by atoms with E-state index in [1.807, 2.05) is 12.1 Å². The normalized spacial score (nSPS) is 15.7. The number of rotatable bonds is 7. The summed E-state index contributed by atoms with van der Waals surface area (Å²) in [4.78, 5) is 13.5. The van der Waals surface area contributed by atoms with Gasteiger partial charge in [-0.2, -0.15) is 0 Å². The monoisotopic (exact) mass is 352 g/mol. The summed E-state index contributed by atoms with van der Waals surface area (Å²) >= 11 is 0. The number of aromatic carboxylic acids is 1. The predicted molar refractivity (Wildman–Crippen MR) is 106 cm³/mol. The van der Waals surface area contributed by atoms with Gasteiger partial charge in [0.15, 0.2) is 0 Å². The second-order valence-electron chi connectivity index (χ2n) is 7.33. The Morgan fingerprint density at radius 2 is 1.85 bits per heavy atom. The van der Waals surface area contributed by atoms with E-state index in [2.05, 4.69) is 41.4 Å². The zero-order valence-electron chi connectivity index (χ0n) is 15.4. The Bertz CT molecular complexity index is 719. The highest BCUT2D eigenvalue weighted by Gasteiger charge is 2.15. The first kappa shape index (κ1) is 18.5. The number of piperidine rings is 1. The molecule has 2 aromatic rings. The highest BCUT2D eigenvalue weighted by atomic mass is 16.4. The molecule has 0 aromatic heterocycles. The zero-order chi connectivity index (χ0) is 18.4. The number of carboxylic acids is 1. The number of carbonyl (C=O) groups is 1. The van der Waals surface area contributed by atoms with Gasteiger partial charge < -0.3 is 15.3 Å². The van der Waals surface area contributed by atoms with Crippen LogP contribution in [0.1, 0.15) is 41.3 Å². The molecule has 1 heterocycles. The van der Waals surface area contributed by atoms with E-state index in [1.165, 1.54) is 31.5 Å². The molecule has 1 aliphatic rings. The van der Waals surface area contributed by atoms with Crippen molar-refractivity contribution in [2.24, 2.45) is 5.92 Å². The maximum absolute atomic E-state index is 10.9. The number of nitrogens with one attached hydrogen (secondary N) is 1. The summed E-state index contributed by atoms with van der Waals surface area (Å²) in [6, 6.07) is 15.6. The lowest BCUT2D eigenvalue weighted by Gasteiger charge is -2.30. The lowest BCUT2D eigenvalue weighted by atomic mass is 9.99. The molecule has 1 aliphatic heterocycles. The van der Waals surface area contributed by atoms with Gasteiger partial charge in [0.1, 0.15) is 0 Å². The highest BCUT2D eigenvalue weighted by molar-refractivity contribution is 5.87. The van der Waals surface area contributed by atoms with E-state index in [4.69, 9.17) is 5.11 Å². The number of hydrogen-bond acceptors (Lipinski definition) is 3. The third-order valence-electron chi connectivity index (χ3n) is 5.22. The van der Waals surface area contributed by atoms with Gasteiger partial charge in [0.05, 0.1) is 5.56 Å². The van der Waals surface area contributed by atoms with E-state index >= 15 is 0 Å². The maximum atomic E-state index is 10.9. The topological polar surface area (TPSA) is 52.6 Å². The van der Waals surface area contributed by atoms with Crippen molar-refractivity contribution in [3.63, 3.8) is 0 Å². The molecule has 1 fully saturated rings. The molecular weight excluding hydrogens is 324 g/mol. The minimum atomic E-state index is -0.889. The maximum Gasteiger partial charge on any atom is 0.335 e. The van der Waals surface area contributed by atoms with Crippen LogP contribution in [0.4, 0.5) is 5.69 Å². The Balaban J connectivity index is 1.49. The summed E-state index contributed by atoms with van der Waals surface area (Å²) < 4.78 is 0.